The molecule has 0 fully saturated rings. The number of nitrogens with one attached hydrogen (secondary N) is 1. The molecular formula is C13H14N2O. The Morgan fingerprint density at radius 2 is 1.88 bits per heavy atom. The number of nitrogens with zero attached hydrogens (tertiary/aromatic N) is 1. The summed E-state index contributed by atoms with van der Waals surface area (Å²) in [6.45, 7) is 0. The van der Waals surface area contributed by atoms with Crippen LogP contribution in [0.3, 0.4) is 0 Å². The van der Waals surface area contributed by atoms with Gasteiger partial charge >= 0.3 is 0 Å². The Morgan fingerprint density at radius 3 is 2.50 bits per heavy atom. The van der Waals surface area contributed by atoms with Crippen LogP contribution in [0.1, 0.15) is 0 Å². The van der Waals surface area contributed by atoms with Crippen molar-refractivity contribution >= 4 is 5.69 Å². The molecule has 0 aliphatic rings. The number of hydrogen-bond donors (Lipinski definition) is 1. The Labute approximate surface area is 95.1 Å². The van der Waals surface area contributed by atoms with E-state index in [4.69, 9.17) is 4.74 Å². The molecule has 1 heterocycles. The number of ether oxygens (including phenoxy) is 1. The number of methoxy groups -OCH3 is 1. The van der Waals surface area contributed by atoms with E-state index >= 15 is 0 Å². The van der Waals surface area contributed by atoms with Crippen LogP contribution < -0.4 is 10.1 Å². The van der Waals surface area contributed by atoms with Gasteiger partial charge in [0.2, 0.25) is 0 Å². The van der Waals surface area contributed by atoms with Crippen molar-refractivity contribution in [3.8, 4) is 16.9 Å². The van der Waals surface area contributed by atoms with E-state index < -0.39 is 0 Å². The lowest BCUT2D eigenvalue weighted by atomic mass is 10.1. The van der Waals surface area contributed by atoms with E-state index in [1.54, 1.807) is 13.3 Å². The second-order valence-electron chi connectivity index (χ2n) is 3.40. The number of anilines is 1. The summed E-state index contributed by atoms with van der Waals surface area (Å²) in [6, 6.07) is 9.97. The first-order valence-corrected chi connectivity index (χ1v) is 5.11. The molecule has 1 N–H and O–H groups in total. The maximum absolute atomic E-state index is 5.13. The molecule has 0 saturated heterocycles. The highest BCUT2D eigenvalue weighted by Crippen LogP contribution is 2.27. The molecule has 3 heteroatoms. The fraction of sp³-hybridized carbons (Fsp3) is 0.154. The maximum atomic E-state index is 5.13. The summed E-state index contributed by atoms with van der Waals surface area (Å²) in [6.07, 6.45) is 3.61. The Hall–Kier alpha value is -2.03. The summed E-state index contributed by atoms with van der Waals surface area (Å²) in [5, 5.41) is 3.13. The van der Waals surface area contributed by atoms with E-state index in [0.29, 0.717) is 0 Å². The van der Waals surface area contributed by atoms with Crippen molar-refractivity contribution in [3.05, 3.63) is 42.7 Å². The number of hydrogen-bond acceptors (Lipinski definition) is 3. The summed E-state index contributed by atoms with van der Waals surface area (Å²) in [5.74, 6) is 0.865. The molecular weight excluding hydrogens is 200 g/mol. The highest BCUT2D eigenvalue weighted by atomic mass is 16.5. The Bertz CT molecular complexity index is 466. The van der Waals surface area contributed by atoms with E-state index in [9.17, 15) is 0 Å². The quantitative estimate of drug-likeness (QED) is 0.853. The van der Waals surface area contributed by atoms with Gasteiger partial charge in [-0.25, -0.2) is 0 Å². The molecule has 1 aromatic heterocycles. The summed E-state index contributed by atoms with van der Waals surface area (Å²) >= 11 is 0. The van der Waals surface area contributed by atoms with E-state index in [1.165, 1.54) is 0 Å². The van der Waals surface area contributed by atoms with Gasteiger partial charge in [-0.05, 0) is 23.8 Å². The fourth-order valence-electron chi connectivity index (χ4n) is 1.62. The van der Waals surface area contributed by atoms with Gasteiger partial charge in [-0.2, -0.15) is 0 Å². The molecule has 0 bridgehead atoms. The van der Waals surface area contributed by atoms with E-state index in [2.05, 4.69) is 10.3 Å². The predicted octanol–water partition coefficient (Wildman–Crippen LogP) is 2.80. The zero-order valence-corrected chi connectivity index (χ0v) is 9.40. The molecule has 2 aromatic rings. The molecule has 0 unspecified atom stereocenters. The molecule has 0 atom stereocenters. The first-order chi connectivity index (χ1) is 7.85. The van der Waals surface area contributed by atoms with Gasteiger partial charge in [-0.15, -0.1) is 0 Å². The van der Waals surface area contributed by atoms with Crippen molar-refractivity contribution in [2.24, 2.45) is 0 Å². The zero-order valence-electron chi connectivity index (χ0n) is 9.40. The van der Waals surface area contributed by atoms with E-state index in [1.807, 2.05) is 43.6 Å². The summed E-state index contributed by atoms with van der Waals surface area (Å²) in [4.78, 5) is 4.09. The molecule has 82 valence electrons. The van der Waals surface area contributed by atoms with Gasteiger partial charge in [0.05, 0.1) is 19.0 Å². The first-order valence-electron chi connectivity index (χ1n) is 5.11. The predicted molar refractivity (Wildman–Crippen MR) is 65.8 cm³/mol. The van der Waals surface area contributed by atoms with Crippen LogP contribution in [0.5, 0.6) is 5.75 Å². The topological polar surface area (TPSA) is 34.2 Å². The Morgan fingerprint density at radius 1 is 1.12 bits per heavy atom. The maximum Gasteiger partial charge on any atom is 0.118 e. The largest absolute Gasteiger partial charge is 0.497 e. The lowest BCUT2D eigenvalue weighted by Gasteiger charge is -2.08. The lowest BCUT2D eigenvalue weighted by molar-refractivity contribution is 0.415. The van der Waals surface area contributed by atoms with Crippen LogP contribution in [-0.2, 0) is 0 Å². The van der Waals surface area contributed by atoms with Crippen LogP contribution in [0.2, 0.25) is 0 Å². The monoisotopic (exact) mass is 214 g/mol. The third-order valence-electron chi connectivity index (χ3n) is 2.49. The minimum absolute atomic E-state index is 0.865. The average Bonchev–Trinajstić information content (AvgIpc) is 2.39. The summed E-state index contributed by atoms with van der Waals surface area (Å²) in [5.41, 5.74) is 3.31. The molecule has 0 spiro atoms. The van der Waals surface area contributed by atoms with Gasteiger partial charge in [0.25, 0.3) is 0 Å². The smallest absolute Gasteiger partial charge is 0.118 e. The standard InChI is InChI=1S/C13H14N2O/c1-14-13-9-15-8-7-12(13)10-3-5-11(16-2)6-4-10/h3-9,14H,1-2H3. The molecule has 1 aromatic carbocycles. The molecule has 0 saturated carbocycles. The SMILES string of the molecule is CNc1cnccc1-c1ccc(OC)cc1. The highest BCUT2D eigenvalue weighted by Gasteiger charge is 2.03. The average molecular weight is 214 g/mol. The molecule has 0 aliphatic carbocycles. The third-order valence-corrected chi connectivity index (χ3v) is 2.49. The third kappa shape index (κ3) is 1.98. The fourth-order valence-corrected chi connectivity index (χ4v) is 1.62. The number of rotatable bonds is 3. The molecule has 0 radical (unpaired) electrons. The number of aromatic nitrogens is 1. The van der Waals surface area contributed by atoms with Crippen molar-refractivity contribution in [1.29, 1.82) is 0 Å². The van der Waals surface area contributed by atoms with Crippen LogP contribution >= 0.6 is 0 Å². The van der Waals surface area contributed by atoms with E-state index in [0.717, 1.165) is 22.6 Å². The van der Waals surface area contributed by atoms with Gasteiger partial charge in [0.1, 0.15) is 5.75 Å². The number of benzene rings is 1. The van der Waals surface area contributed by atoms with Crippen molar-refractivity contribution in [2.75, 3.05) is 19.5 Å². The number of pyridine rings is 1. The molecule has 2 rings (SSSR count). The normalized spacial score (nSPS) is 9.88. The zero-order chi connectivity index (χ0) is 11.4. The van der Waals surface area contributed by atoms with Gasteiger partial charge in [-0.3, -0.25) is 4.98 Å². The summed E-state index contributed by atoms with van der Waals surface area (Å²) < 4.78 is 5.13. The van der Waals surface area contributed by atoms with Crippen molar-refractivity contribution in [3.63, 3.8) is 0 Å². The summed E-state index contributed by atoms with van der Waals surface area (Å²) in [7, 11) is 3.56. The van der Waals surface area contributed by atoms with Crippen molar-refractivity contribution in [2.45, 2.75) is 0 Å². The van der Waals surface area contributed by atoms with Gasteiger partial charge in [0, 0.05) is 18.8 Å². The lowest BCUT2D eigenvalue weighted by Crippen LogP contribution is -1.92. The van der Waals surface area contributed by atoms with Crippen LogP contribution in [-0.4, -0.2) is 19.1 Å². The van der Waals surface area contributed by atoms with Gasteiger partial charge in [0.15, 0.2) is 0 Å². The van der Waals surface area contributed by atoms with Crippen LogP contribution in [0.25, 0.3) is 11.1 Å². The van der Waals surface area contributed by atoms with Crippen molar-refractivity contribution in [1.82, 2.24) is 4.98 Å². The molecule has 3 nitrogen and oxygen atoms in total. The van der Waals surface area contributed by atoms with Crippen LogP contribution in [0.4, 0.5) is 5.69 Å². The minimum Gasteiger partial charge on any atom is -0.497 e. The highest BCUT2D eigenvalue weighted by molar-refractivity contribution is 5.77. The Balaban J connectivity index is 2.42. The minimum atomic E-state index is 0.865. The molecule has 0 amide bonds. The molecule has 0 aliphatic heterocycles. The Kier molecular flexibility index (Phi) is 3.05. The molecule has 16 heavy (non-hydrogen) atoms. The van der Waals surface area contributed by atoms with Gasteiger partial charge < -0.3 is 10.1 Å². The first kappa shape index (κ1) is 10.5. The van der Waals surface area contributed by atoms with E-state index in [-0.39, 0.29) is 0 Å². The second kappa shape index (κ2) is 4.66. The van der Waals surface area contributed by atoms with Crippen molar-refractivity contribution < 1.29 is 4.74 Å². The van der Waals surface area contributed by atoms with Crippen LogP contribution in [0.15, 0.2) is 42.7 Å². The second-order valence-corrected chi connectivity index (χ2v) is 3.40. The van der Waals surface area contributed by atoms with Crippen LogP contribution in [0, 0.1) is 0 Å². The van der Waals surface area contributed by atoms with Gasteiger partial charge in [-0.1, -0.05) is 12.1 Å².